The lowest BCUT2D eigenvalue weighted by Crippen LogP contribution is -2.32. The van der Waals surface area contributed by atoms with Gasteiger partial charge in [0.25, 0.3) is 0 Å². The second kappa shape index (κ2) is 6.45. The van der Waals surface area contributed by atoms with Gasteiger partial charge in [-0.05, 0) is 43.9 Å². The molecule has 1 N–H and O–H groups in total. The summed E-state index contributed by atoms with van der Waals surface area (Å²) < 4.78 is 5.69. The minimum Gasteiger partial charge on any atom is -0.492 e. The van der Waals surface area contributed by atoms with Crippen LogP contribution in [0.5, 0.6) is 5.75 Å². The fourth-order valence-corrected chi connectivity index (χ4v) is 2.10. The molecule has 0 aliphatic heterocycles. The second-order valence-electron chi connectivity index (χ2n) is 4.58. The van der Waals surface area contributed by atoms with Crippen molar-refractivity contribution in [3.63, 3.8) is 0 Å². The molecule has 1 aromatic rings. The summed E-state index contributed by atoms with van der Waals surface area (Å²) in [6, 6.07) is 8.73. The van der Waals surface area contributed by atoms with E-state index in [1.165, 1.54) is 24.8 Å². The van der Waals surface area contributed by atoms with E-state index in [1.54, 1.807) is 0 Å². The van der Waals surface area contributed by atoms with Gasteiger partial charge in [0.2, 0.25) is 0 Å². The van der Waals surface area contributed by atoms with Crippen LogP contribution in [0.15, 0.2) is 36.4 Å². The van der Waals surface area contributed by atoms with Crippen molar-refractivity contribution in [3.8, 4) is 5.75 Å². The monoisotopic (exact) mass is 231 g/mol. The van der Waals surface area contributed by atoms with Crippen molar-refractivity contribution < 1.29 is 4.74 Å². The standard InChI is InChI=1S/C15H21NO/c1-13-6-5-9-15(12-13)17-11-10-16-14-7-3-2-4-8-14/h3,5-7,9,12,14,16H,2,4,8,10-11H2,1H3. The first kappa shape index (κ1) is 12.2. The zero-order valence-electron chi connectivity index (χ0n) is 10.5. The molecule has 0 bridgehead atoms. The van der Waals surface area contributed by atoms with E-state index >= 15 is 0 Å². The van der Waals surface area contributed by atoms with E-state index in [9.17, 15) is 0 Å². The molecule has 92 valence electrons. The highest BCUT2D eigenvalue weighted by Gasteiger charge is 2.06. The molecule has 2 nitrogen and oxygen atoms in total. The Morgan fingerprint density at radius 1 is 1.41 bits per heavy atom. The quantitative estimate of drug-likeness (QED) is 0.621. The third kappa shape index (κ3) is 4.23. The van der Waals surface area contributed by atoms with Gasteiger partial charge >= 0.3 is 0 Å². The zero-order chi connectivity index (χ0) is 11.9. The Bertz CT molecular complexity index is 373. The van der Waals surface area contributed by atoms with Gasteiger partial charge in [-0.1, -0.05) is 24.3 Å². The van der Waals surface area contributed by atoms with Crippen LogP contribution in [0.3, 0.4) is 0 Å². The van der Waals surface area contributed by atoms with Crippen LogP contribution in [0.25, 0.3) is 0 Å². The van der Waals surface area contributed by atoms with E-state index in [-0.39, 0.29) is 0 Å². The van der Waals surface area contributed by atoms with Gasteiger partial charge in [0, 0.05) is 12.6 Å². The van der Waals surface area contributed by atoms with Crippen LogP contribution in [0.2, 0.25) is 0 Å². The summed E-state index contributed by atoms with van der Waals surface area (Å²) in [4.78, 5) is 0. The molecule has 0 aromatic heterocycles. The molecule has 1 aromatic carbocycles. The van der Waals surface area contributed by atoms with Crippen LogP contribution in [0.4, 0.5) is 0 Å². The van der Waals surface area contributed by atoms with Gasteiger partial charge in [-0.15, -0.1) is 0 Å². The number of rotatable bonds is 5. The number of allylic oxidation sites excluding steroid dienone is 1. The summed E-state index contributed by atoms with van der Waals surface area (Å²) >= 11 is 0. The molecule has 2 heteroatoms. The highest BCUT2D eigenvalue weighted by Crippen LogP contribution is 2.12. The number of hydrogen-bond donors (Lipinski definition) is 1. The van der Waals surface area contributed by atoms with Crippen molar-refractivity contribution in [2.24, 2.45) is 0 Å². The summed E-state index contributed by atoms with van der Waals surface area (Å²) in [5, 5.41) is 3.49. The molecule has 0 saturated carbocycles. The number of hydrogen-bond acceptors (Lipinski definition) is 2. The van der Waals surface area contributed by atoms with E-state index in [0.29, 0.717) is 6.04 Å². The molecule has 17 heavy (non-hydrogen) atoms. The van der Waals surface area contributed by atoms with Crippen molar-refractivity contribution in [3.05, 3.63) is 42.0 Å². The van der Waals surface area contributed by atoms with Crippen molar-refractivity contribution in [1.29, 1.82) is 0 Å². The highest BCUT2D eigenvalue weighted by atomic mass is 16.5. The lowest BCUT2D eigenvalue weighted by molar-refractivity contribution is 0.307. The maximum absolute atomic E-state index is 5.69. The topological polar surface area (TPSA) is 21.3 Å². The number of benzene rings is 1. The predicted octanol–water partition coefficient (Wildman–Crippen LogP) is 3.07. The van der Waals surface area contributed by atoms with E-state index in [4.69, 9.17) is 4.74 Å². The molecule has 0 spiro atoms. The van der Waals surface area contributed by atoms with Crippen LogP contribution in [-0.4, -0.2) is 19.2 Å². The predicted molar refractivity (Wildman–Crippen MR) is 71.5 cm³/mol. The van der Waals surface area contributed by atoms with Crippen LogP contribution < -0.4 is 10.1 Å². The lowest BCUT2D eigenvalue weighted by Gasteiger charge is -2.18. The fraction of sp³-hybridized carbons (Fsp3) is 0.467. The molecule has 0 heterocycles. The van der Waals surface area contributed by atoms with E-state index in [2.05, 4.69) is 36.5 Å². The van der Waals surface area contributed by atoms with Gasteiger partial charge in [0.15, 0.2) is 0 Å². The van der Waals surface area contributed by atoms with Gasteiger partial charge in [-0.25, -0.2) is 0 Å². The smallest absolute Gasteiger partial charge is 0.119 e. The van der Waals surface area contributed by atoms with E-state index in [0.717, 1.165) is 18.9 Å². The molecule has 0 amide bonds. The molecular formula is C15H21NO. The normalized spacial score (nSPS) is 19.2. The largest absolute Gasteiger partial charge is 0.492 e. The maximum atomic E-state index is 5.69. The molecule has 1 atom stereocenters. The average molecular weight is 231 g/mol. The van der Waals surface area contributed by atoms with E-state index < -0.39 is 0 Å². The van der Waals surface area contributed by atoms with Crippen molar-refractivity contribution in [2.75, 3.05) is 13.2 Å². The number of nitrogens with one attached hydrogen (secondary N) is 1. The van der Waals surface area contributed by atoms with Crippen molar-refractivity contribution >= 4 is 0 Å². The molecule has 0 saturated heterocycles. The summed E-state index contributed by atoms with van der Waals surface area (Å²) in [6.45, 7) is 3.72. The molecule has 1 aliphatic rings. The third-order valence-corrected chi connectivity index (χ3v) is 3.02. The minimum atomic E-state index is 0.546. The third-order valence-electron chi connectivity index (χ3n) is 3.02. The Labute approximate surface area is 104 Å². The summed E-state index contributed by atoms with van der Waals surface area (Å²) in [6.07, 6.45) is 8.32. The Morgan fingerprint density at radius 2 is 2.35 bits per heavy atom. The SMILES string of the molecule is Cc1cccc(OCCNC2C=CCCC2)c1. The van der Waals surface area contributed by atoms with Crippen LogP contribution in [-0.2, 0) is 0 Å². The second-order valence-corrected chi connectivity index (χ2v) is 4.58. The average Bonchev–Trinajstić information content (AvgIpc) is 2.36. The van der Waals surface area contributed by atoms with E-state index in [1.807, 2.05) is 12.1 Å². The molecule has 1 aliphatic carbocycles. The number of ether oxygens (including phenoxy) is 1. The number of aryl methyl sites for hydroxylation is 1. The summed E-state index contributed by atoms with van der Waals surface area (Å²) in [7, 11) is 0. The van der Waals surface area contributed by atoms with Crippen LogP contribution >= 0.6 is 0 Å². The highest BCUT2D eigenvalue weighted by molar-refractivity contribution is 5.27. The molecule has 1 unspecified atom stereocenters. The Hall–Kier alpha value is -1.28. The van der Waals surface area contributed by atoms with Crippen molar-refractivity contribution in [2.45, 2.75) is 32.2 Å². The Morgan fingerprint density at radius 3 is 3.12 bits per heavy atom. The van der Waals surface area contributed by atoms with Gasteiger partial charge in [0.05, 0.1) is 0 Å². The molecule has 0 radical (unpaired) electrons. The van der Waals surface area contributed by atoms with Crippen molar-refractivity contribution in [1.82, 2.24) is 5.32 Å². The fourth-order valence-electron chi connectivity index (χ4n) is 2.10. The maximum Gasteiger partial charge on any atom is 0.119 e. The minimum absolute atomic E-state index is 0.546. The van der Waals surface area contributed by atoms with Gasteiger partial charge in [-0.3, -0.25) is 0 Å². The Kier molecular flexibility index (Phi) is 4.63. The van der Waals surface area contributed by atoms with Gasteiger partial charge in [0.1, 0.15) is 12.4 Å². The first-order chi connectivity index (χ1) is 8.34. The Balaban J connectivity index is 1.66. The first-order valence-electron chi connectivity index (χ1n) is 6.44. The lowest BCUT2D eigenvalue weighted by atomic mass is 10.0. The summed E-state index contributed by atoms with van der Waals surface area (Å²) in [5.41, 5.74) is 1.24. The van der Waals surface area contributed by atoms with Gasteiger partial charge < -0.3 is 10.1 Å². The van der Waals surface area contributed by atoms with Crippen LogP contribution in [0.1, 0.15) is 24.8 Å². The molecule has 2 rings (SSSR count). The molecular weight excluding hydrogens is 210 g/mol. The summed E-state index contributed by atoms with van der Waals surface area (Å²) in [5.74, 6) is 0.964. The van der Waals surface area contributed by atoms with Gasteiger partial charge in [-0.2, -0.15) is 0 Å². The first-order valence-corrected chi connectivity index (χ1v) is 6.44. The molecule has 0 fully saturated rings. The van der Waals surface area contributed by atoms with Crippen LogP contribution in [0, 0.1) is 6.92 Å². The zero-order valence-corrected chi connectivity index (χ0v) is 10.5.